The number of hydrogen-bond acceptors (Lipinski definition) is 3. The van der Waals surface area contributed by atoms with E-state index in [2.05, 4.69) is 50.0 Å². The molecule has 3 heteroatoms. The fraction of sp³-hybridized carbons (Fsp3) is 1.00. The fourth-order valence-corrected chi connectivity index (χ4v) is 3.30. The van der Waals surface area contributed by atoms with Crippen LogP contribution in [0.1, 0.15) is 46.5 Å². The van der Waals surface area contributed by atoms with Gasteiger partial charge in [0.2, 0.25) is 0 Å². The predicted molar refractivity (Wildman–Crippen MR) is 84.7 cm³/mol. The fourth-order valence-electron chi connectivity index (χ4n) is 3.30. The van der Waals surface area contributed by atoms with Gasteiger partial charge in [-0.3, -0.25) is 4.90 Å². The Morgan fingerprint density at radius 2 is 1.84 bits per heavy atom. The number of rotatable bonds is 8. The molecule has 2 unspecified atom stereocenters. The van der Waals surface area contributed by atoms with Gasteiger partial charge in [-0.2, -0.15) is 0 Å². The summed E-state index contributed by atoms with van der Waals surface area (Å²) in [6.07, 6.45) is 5.20. The first kappa shape index (κ1) is 16.9. The van der Waals surface area contributed by atoms with E-state index in [9.17, 15) is 0 Å². The number of nitrogens with zero attached hydrogens (tertiary/aromatic N) is 2. The van der Waals surface area contributed by atoms with E-state index >= 15 is 0 Å². The van der Waals surface area contributed by atoms with Gasteiger partial charge in [-0.25, -0.2) is 0 Å². The van der Waals surface area contributed by atoms with E-state index in [-0.39, 0.29) is 0 Å². The van der Waals surface area contributed by atoms with Crippen molar-refractivity contribution in [3.05, 3.63) is 0 Å². The van der Waals surface area contributed by atoms with Crippen molar-refractivity contribution in [3.8, 4) is 0 Å². The standard InChI is InChI=1S/C16H35N3/c1-6-10-17-16(7-2)14(3)19-11-8-15(9-12-19)13-18(4)5/h14-17H,6-13H2,1-5H3. The molecule has 3 nitrogen and oxygen atoms in total. The molecule has 1 aliphatic rings. The zero-order valence-corrected chi connectivity index (χ0v) is 13.8. The molecule has 0 aromatic carbocycles. The van der Waals surface area contributed by atoms with Crippen LogP contribution in [0.25, 0.3) is 0 Å². The number of piperidine rings is 1. The summed E-state index contributed by atoms with van der Waals surface area (Å²) in [7, 11) is 4.38. The molecule has 1 heterocycles. The van der Waals surface area contributed by atoms with E-state index in [0.717, 1.165) is 12.5 Å². The summed E-state index contributed by atoms with van der Waals surface area (Å²) in [5, 5.41) is 3.71. The predicted octanol–water partition coefficient (Wildman–Crippen LogP) is 2.43. The Bertz CT molecular complexity index is 222. The van der Waals surface area contributed by atoms with Crippen LogP contribution in [0.2, 0.25) is 0 Å². The van der Waals surface area contributed by atoms with E-state index in [0.29, 0.717) is 12.1 Å². The van der Waals surface area contributed by atoms with Gasteiger partial charge in [-0.05, 0) is 72.3 Å². The van der Waals surface area contributed by atoms with Crippen LogP contribution in [-0.2, 0) is 0 Å². The van der Waals surface area contributed by atoms with Crippen LogP contribution in [0.3, 0.4) is 0 Å². The lowest BCUT2D eigenvalue weighted by molar-refractivity contribution is 0.105. The van der Waals surface area contributed by atoms with E-state index in [1.165, 1.54) is 45.3 Å². The minimum atomic E-state index is 0.658. The van der Waals surface area contributed by atoms with Crippen molar-refractivity contribution in [3.63, 3.8) is 0 Å². The summed E-state index contributed by atoms with van der Waals surface area (Å²) in [6.45, 7) is 11.9. The molecular formula is C16H35N3. The van der Waals surface area contributed by atoms with Crippen molar-refractivity contribution in [1.82, 2.24) is 15.1 Å². The molecule has 0 radical (unpaired) electrons. The van der Waals surface area contributed by atoms with E-state index in [1.807, 2.05) is 0 Å². The lowest BCUT2D eigenvalue weighted by atomic mass is 9.94. The Kier molecular flexibility index (Phi) is 7.96. The molecular weight excluding hydrogens is 234 g/mol. The summed E-state index contributed by atoms with van der Waals surface area (Å²) >= 11 is 0. The Hall–Kier alpha value is -0.120. The van der Waals surface area contributed by atoms with Crippen molar-refractivity contribution in [2.75, 3.05) is 40.3 Å². The first-order valence-electron chi connectivity index (χ1n) is 8.20. The maximum Gasteiger partial charge on any atom is 0.0220 e. The molecule has 2 atom stereocenters. The van der Waals surface area contributed by atoms with Gasteiger partial charge in [0.15, 0.2) is 0 Å². The Morgan fingerprint density at radius 1 is 1.21 bits per heavy atom. The Morgan fingerprint density at radius 3 is 2.32 bits per heavy atom. The van der Waals surface area contributed by atoms with Crippen molar-refractivity contribution in [2.24, 2.45) is 5.92 Å². The molecule has 0 bridgehead atoms. The average Bonchev–Trinajstić information content (AvgIpc) is 2.39. The first-order chi connectivity index (χ1) is 9.08. The number of nitrogens with one attached hydrogen (secondary N) is 1. The third-order valence-electron chi connectivity index (χ3n) is 4.53. The Labute approximate surface area is 120 Å². The van der Waals surface area contributed by atoms with Gasteiger partial charge in [-0.1, -0.05) is 13.8 Å². The highest BCUT2D eigenvalue weighted by molar-refractivity contribution is 4.84. The molecule has 1 rings (SSSR count). The third kappa shape index (κ3) is 5.80. The van der Waals surface area contributed by atoms with Crippen molar-refractivity contribution in [2.45, 2.75) is 58.5 Å². The highest BCUT2D eigenvalue weighted by atomic mass is 15.2. The SMILES string of the molecule is CCCNC(CC)C(C)N1CCC(CN(C)C)CC1. The summed E-state index contributed by atoms with van der Waals surface area (Å²) in [5.74, 6) is 0.905. The van der Waals surface area contributed by atoms with Crippen molar-refractivity contribution in [1.29, 1.82) is 0 Å². The molecule has 0 saturated carbocycles. The molecule has 0 amide bonds. The lowest BCUT2D eigenvalue weighted by Gasteiger charge is -2.40. The van der Waals surface area contributed by atoms with Crippen LogP contribution in [0.4, 0.5) is 0 Å². The molecule has 1 N–H and O–H groups in total. The van der Waals surface area contributed by atoms with Crippen LogP contribution in [0.5, 0.6) is 0 Å². The molecule has 0 aromatic rings. The van der Waals surface area contributed by atoms with Crippen LogP contribution in [0.15, 0.2) is 0 Å². The van der Waals surface area contributed by atoms with Gasteiger partial charge >= 0.3 is 0 Å². The molecule has 0 aliphatic carbocycles. The molecule has 0 spiro atoms. The lowest BCUT2D eigenvalue weighted by Crippen LogP contribution is -2.51. The molecule has 0 aromatic heterocycles. The van der Waals surface area contributed by atoms with Crippen LogP contribution >= 0.6 is 0 Å². The second-order valence-electron chi connectivity index (χ2n) is 6.45. The topological polar surface area (TPSA) is 18.5 Å². The summed E-state index contributed by atoms with van der Waals surface area (Å²) in [6, 6.07) is 1.34. The van der Waals surface area contributed by atoms with Gasteiger partial charge in [-0.15, -0.1) is 0 Å². The molecule has 1 aliphatic heterocycles. The smallest absolute Gasteiger partial charge is 0.0220 e. The largest absolute Gasteiger partial charge is 0.312 e. The monoisotopic (exact) mass is 269 g/mol. The second-order valence-corrected chi connectivity index (χ2v) is 6.45. The summed E-state index contributed by atoms with van der Waals surface area (Å²) in [4.78, 5) is 5.03. The van der Waals surface area contributed by atoms with Crippen molar-refractivity contribution >= 4 is 0 Å². The minimum absolute atomic E-state index is 0.658. The van der Waals surface area contributed by atoms with Gasteiger partial charge in [0.1, 0.15) is 0 Å². The van der Waals surface area contributed by atoms with Gasteiger partial charge in [0.25, 0.3) is 0 Å². The van der Waals surface area contributed by atoms with Gasteiger partial charge in [0, 0.05) is 18.6 Å². The Balaban J connectivity index is 2.36. The van der Waals surface area contributed by atoms with Crippen LogP contribution < -0.4 is 5.32 Å². The minimum Gasteiger partial charge on any atom is -0.312 e. The quantitative estimate of drug-likeness (QED) is 0.730. The van der Waals surface area contributed by atoms with Crippen LogP contribution in [-0.4, -0.2) is 62.2 Å². The average molecular weight is 269 g/mol. The van der Waals surface area contributed by atoms with E-state index < -0.39 is 0 Å². The first-order valence-corrected chi connectivity index (χ1v) is 8.20. The maximum atomic E-state index is 3.71. The maximum absolute atomic E-state index is 3.71. The number of hydrogen-bond donors (Lipinski definition) is 1. The molecule has 19 heavy (non-hydrogen) atoms. The highest BCUT2D eigenvalue weighted by Gasteiger charge is 2.26. The molecule has 114 valence electrons. The van der Waals surface area contributed by atoms with Crippen molar-refractivity contribution < 1.29 is 0 Å². The summed E-state index contributed by atoms with van der Waals surface area (Å²) in [5.41, 5.74) is 0. The molecule has 1 saturated heterocycles. The normalized spacial score (nSPS) is 21.8. The van der Waals surface area contributed by atoms with Gasteiger partial charge in [0.05, 0.1) is 0 Å². The molecule has 1 fully saturated rings. The van der Waals surface area contributed by atoms with E-state index in [1.54, 1.807) is 0 Å². The highest BCUT2D eigenvalue weighted by Crippen LogP contribution is 2.21. The zero-order chi connectivity index (χ0) is 14.3. The zero-order valence-electron chi connectivity index (χ0n) is 13.8. The second kappa shape index (κ2) is 8.93. The van der Waals surface area contributed by atoms with E-state index in [4.69, 9.17) is 0 Å². The number of likely N-dealkylation sites (tertiary alicyclic amines) is 1. The van der Waals surface area contributed by atoms with Crippen LogP contribution in [0, 0.1) is 5.92 Å². The third-order valence-corrected chi connectivity index (χ3v) is 4.53. The van der Waals surface area contributed by atoms with Gasteiger partial charge < -0.3 is 10.2 Å². The summed E-state index contributed by atoms with van der Waals surface area (Å²) < 4.78 is 0.